The summed E-state index contributed by atoms with van der Waals surface area (Å²) in [6.07, 6.45) is 3.59. The van der Waals surface area contributed by atoms with Crippen LogP contribution in [0.5, 0.6) is 0 Å². The van der Waals surface area contributed by atoms with Gasteiger partial charge in [0.05, 0.1) is 0 Å². The van der Waals surface area contributed by atoms with Crippen molar-refractivity contribution >= 4 is 5.97 Å². The van der Waals surface area contributed by atoms with Gasteiger partial charge < -0.3 is 9.26 Å². The van der Waals surface area contributed by atoms with Crippen LogP contribution in [0.15, 0.2) is 47.0 Å². The van der Waals surface area contributed by atoms with Gasteiger partial charge in [-0.05, 0) is 13.8 Å². The largest absolute Gasteiger partial charge is 0.458 e. The van der Waals surface area contributed by atoms with Crippen LogP contribution in [0.2, 0.25) is 0 Å². The van der Waals surface area contributed by atoms with E-state index in [1.54, 1.807) is 13.0 Å². The van der Waals surface area contributed by atoms with Crippen LogP contribution in [0.1, 0.15) is 23.0 Å². The Labute approximate surface area is 111 Å². The monoisotopic (exact) mass is 257 g/mol. The number of rotatable bonds is 4. The molecule has 4 heteroatoms. The highest BCUT2D eigenvalue weighted by molar-refractivity contribution is 5.97. The van der Waals surface area contributed by atoms with Gasteiger partial charge in [0, 0.05) is 5.56 Å². The highest BCUT2D eigenvalue weighted by Gasteiger charge is 2.22. The van der Waals surface area contributed by atoms with Crippen LogP contribution >= 0.6 is 0 Å². The van der Waals surface area contributed by atoms with Gasteiger partial charge in [0.15, 0.2) is 0 Å². The highest BCUT2D eigenvalue weighted by atomic mass is 16.5. The minimum absolute atomic E-state index is 0.244. The van der Waals surface area contributed by atoms with Crippen LogP contribution in [-0.2, 0) is 4.74 Å². The van der Waals surface area contributed by atoms with E-state index in [0.717, 1.165) is 5.56 Å². The summed E-state index contributed by atoms with van der Waals surface area (Å²) < 4.78 is 10.3. The van der Waals surface area contributed by atoms with E-state index in [1.165, 1.54) is 0 Å². The van der Waals surface area contributed by atoms with Crippen molar-refractivity contribution in [2.24, 2.45) is 0 Å². The summed E-state index contributed by atoms with van der Waals surface area (Å²) in [5, 5.41) is 3.94. The average molecular weight is 257 g/mol. The molecule has 0 amide bonds. The van der Waals surface area contributed by atoms with E-state index in [4.69, 9.17) is 9.26 Å². The van der Waals surface area contributed by atoms with Gasteiger partial charge in [0.1, 0.15) is 23.6 Å². The molecule has 0 radical (unpaired) electrons. The molecule has 2 rings (SSSR count). The van der Waals surface area contributed by atoms with Crippen LogP contribution in [0.25, 0.3) is 11.3 Å². The third-order valence-electron chi connectivity index (χ3n) is 2.66. The van der Waals surface area contributed by atoms with Gasteiger partial charge in [-0.15, -0.1) is 0 Å². The van der Waals surface area contributed by atoms with E-state index >= 15 is 0 Å². The van der Waals surface area contributed by atoms with Gasteiger partial charge in [0.2, 0.25) is 0 Å². The Kier molecular flexibility index (Phi) is 4.13. The lowest BCUT2D eigenvalue weighted by atomic mass is 10.1. The summed E-state index contributed by atoms with van der Waals surface area (Å²) in [5.41, 5.74) is 1.73. The minimum atomic E-state index is -0.421. The Morgan fingerprint density at radius 1 is 1.37 bits per heavy atom. The maximum Gasteiger partial charge on any atom is 0.344 e. The van der Waals surface area contributed by atoms with Gasteiger partial charge >= 0.3 is 5.97 Å². The van der Waals surface area contributed by atoms with Crippen molar-refractivity contribution in [1.82, 2.24) is 5.16 Å². The van der Waals surface area contributed by atoms with Crippen LogP contribution < -0.4 is 0 Å². The molecule has 0 N–H and O–H groups in total. The van der Waals surface area contributed by atoms with Crippen molar-refractivity contribution in [2.45, 2.75) is 13.8 Å². The number of allylic oxidation sites excluding steroid dienone is 1. The summed E-state index contributed by atoms with van der Waals surface area (Å²) in [6.45, 7) is 3.81. The Hall–Kier alpha value is -2.36. The maximum atomic E-state index is 12.0. The van der Waals surface area contributed by atoms with E-state index in [2.05, 4.69) is 5.16 Å². The number of ether oxygens (including phenoxy) is 1. The maximum absolute atomic E-state index is 12.0. The van der Waals surface area contributed by atoms with Gasteiger partial charge in [-0.2, -0.15) is 0 Å². The van der Waals surface area contributed by atoms with Crippen LogP contribution in [0.3, 0.4) is 0 Å². The van der Waals surface area contributed by atoms with Crippen molar-refractivity contribution in [3.8, 4) is 11.3 Å². The number of aryl methyl sites for hydroxylation is 1. The SMILES string of the molecule is C/C=C/COC(=O)c1c(-c2ccccc2)noc1C. The summed E-state index contributed by atoms with van der Waals surface area (Å²) >= 11 is 0. The van der Waals surface area contributed by atoms with Crippen molar-refractivity contribution < 1.29 is 14.1 Å². The normalized spacial score (nSPS) is 10.8. The van der Waals surface area contributed by atoms with E-state index in [1.807, 2.05) is 43.3 Å². The number of esters is 1. The number of carbonyl (C=O) groups is 1. The lowest BCUT2D eigenvalue weighted by Gasteiger charge is -2.02. The number of aromatic nitrogens is 1. The number of hydrogen-bond donors (Lipinski definition) is 0. The second kappa shape index (κ2) is 6.00. The lowest BCUT2D eigenvalue weighted by molar-refractivity contribution is 0.0548. The first-order valence-electron chi connectivity index (χ1n) is 6.04. The third kappa shape index (κ3) is 2.91. The molecule has 2 aromatic rings. The molecule has 4 nitrogen and oxygen atoms in total. The molecule has 0 fully saturated rings. The van der Waals surface area contributed by atoms with Gasteiger partial charge in [0.25, 0.3) is 0 Å². The zero-order valence-electron chi connectivity index (χ0n) is 10.9. The standard InChI is InChI=1S/C15H15NO3/c1-3-4-10-18-15(17)13-11(2)19-16-14(13)12-8-6-5-7-9-12/h3-9H,10H2,1-2H3/b4-3+. The molecule has 0 unspecified atom stereocenters. The third-order valence-corrected chi connectivity index (χ3v) is 2.66. The first kappa shape index (κ1) is 13.1. The Morgan fingerprint density at radius 3 is 2.79 bits per heavy atom. The van der Waals surface area contributed by atoms with Crippen LogP contribution in [0, 0.1) is 6.92 Å². The summed E-state index contributed by atoms with van der Waals surface area (Å²) in [7, 11) is 0. The van der Waals surface area contributed by atoms with E-state index in [0.29, 0.717) is 17.0 Å². The van der Waals surface area contributed by atoms with Crippen molar-refractivity contribution in [1.29, 1.82) is 0 Å². The zero-order valence-corrected chi connectivity index (χ0v) is 10.9. The number of hydrogen-bond acceptors (Lipinski definition) is 4. The van der Waals surface area contributed by atoms with E-state index < -0.39 is 5.97 Å². The van der Waals surface area contributed by atoms with Gasteiger partial charge in [-0.3, -0.25) is 0 Å². The van der Waals surface area contributed by atoms with E-state index in [-0.39, 0.29) is 6.61 Å². The molecule has 1 heterocycles. The van der Waals surface area contributed by atoms with Crippen molar-refractivity contribution in [3.05, 3.63) is 53.8 Å². The molecule has 0 aliphatic rings. The first-order chi connectivity index (χ1) is 9.24. The smallest absolute Gasteiger partial charge is 0.344 e. The Balaban J connectivity index is 2.30. The highest BCUT2D eigenvalue weighted by Crippen LogP contribution is 2.25. The first-order valence-corrected chi connectivity index (χ1v) is 6.04. The molecular weight excluding hydrogens is 242 g/mol. The molecule has 0 spiro atoms. The van der Waals surface area contributed by atoms with Gasteiger partial charge in [-0.25, -0.2) is 4.79 Å². The molecule has 0 saturated carbocycles. The van der Waals surface area contributed by atoms with E-state index in [9.17, 15) is 4.79 Å². The topological polar surface area (TPSA) is 52.3 Å². The molecule has 98 valence electrons. The molecule has 0 aliphatic carbocycles. The second-order valence-corrected chi connectivity index (χ2v) is 4.00. The average Bonchev–Trinajstić information content (AvgIpc) is 2.82. The fourth-order valence-electron chi connectivity index (χ4n) is 1.70. The van der Waals surface area contributed by atoms with Crippen LogP contribution in [-0.4, -0.2) is 17.7 Å². The fraction of sp³-hybridized carbons (Fsp3) is 0.200. The Bertz CT molecular complexity index is 585. The van der Waals surface area contributed by atoms with Crippen molar-refractivity contribution in [3.63, 3.8) is 0 Å². The summed E-state index contributed by atoms with van der Waals surface area (Å²) in [5.74, 6) is 0.0417. The summed E-state index contributed by atoms with van der Waals surface area (Å²) in [4.78, 5) is 12.0. The zero-order chi connectivity index (χ0) is 13.7. The quantitative estimate of drug-likeness (QED) is 0.622. The molecule has 0 bridgehead atoms. The molecule has 0 saturated heterocycles. The molecular formula is C15H15NO3. The fourth-order valence-corrected chi connectivity index (χ4v) is 1.70. The molecule has 19 heavy (non-hydrogen) atoms. The number of nitrogens with zero attached hydrogens (tertiary/aromatic N) is 1. The molecule has 0 aliphatic heterocycles. The second-order valence-electron chi connectivity index (χ2n) is 4.00. The number of carbonyl (C=O) groups excluding carboxylic acids is 1. The predicted molar refractivity (Wildman–Crippen MR) is 71.8 cm³/mol. The lowest BCUT2D eigenvalue weighted by Crippen LogP contribution is -2.07. The van der Waals surface area contributed by atoms with Gasteiger partial charge in [-0.1, -0.05) is 47.6 Å². The van der Waals surface area contributed by atoms with Crippen LogP contribution in [0.4, 0.5) is 0 Å². The summed E-state index contributed by atoms with van der Waals surface area (Å²) in [6, 6.07) is 9.42. The van der Waals surface area contributed by atoms with Crippen molar-refractivity contribution in [2.75, 3.05) is 6.61 Å². The molecule has 1 aromatic carbocycles. The number of benzene rings is 1. The minimum Gasteiger partial charge on any atom is -0.458 e. The predicted octanol–water partition coefficient (Wildman–Crippen LogP) is 3.38. The molecule has 1 aromatic heterocycles. The molecule has 0 atom stereocenters. The Morgan fingerprint density at radius 2 is 2.11 bits per heavy atom.